The van der Waals surface area contributed by atoms with Gasteiger partial charge in [-0.05, 0) is 37.0 Å². The van der Waals surface area contributed by atoms with E-state index in [-0.39, 0.29) is 0 Å². The van der Waals surface area contributed by atoms with Crippen molar-refractivity contribution in [3.63, 3.8) is 0 Å². The highest BCUT2D eigenvalue weighted by atomic mass is 16.5. The zero-order valence-electron chi connectivity index (χ0n) is 18.0. The third-order valence-electron chi connectivity index (χ3n) is 5.49. The monoisotopic (exact) mass is 426 g/mol. The Morgan fingerprint density at radius 2 is 1.56 bits per heavy atom. The number of anilines is 3. The van der Waals surface area contributed by atoms with Gasteiger partial charge in [0.1, 0.15) is 11.6 Å². The van der Waals surface area contributed by atoms with Gasteiger partial charge in [0.15, 0.2) is 11.6 Å². The number of aryl methyl sites for hydroxylation is 1. The molecule has 0 amide bonds. The van der Waals surface area contributed by atoms with Crippen molar-refractivity contribution in [3.05, 3.63) is 72.4 Å². The van der Waals surface area contributed by atoms with Gasteiger partial charge in [0.2, 0.25) is 0 Å². The largest absolute Gasteiger partial charge is 0.381 e. The highest BCUT2D eigenvalue weighted by Crippen LogP contribution is 2.27. The van der Waals surface area contributed by atoms with Crippen LogP contribution in [0.5, 0.6) is 0 Å². The van der Waals surface area contributed by atoms with Crippen molar-refractivity contribution < 1.29 is 4.74 Å². The number of benzene rings is 2. The molecular formula is C25H26N6O. The molecule has 5 rings (SSSR count). The highest BCUT2D eigenvalue weighted by molar-refractivity contribution is 5.72. The smallest absolute Gasteiger partial charge is 0.163 e. The molecule has 1 saturated heterocycles. The Balaban J connectivity index is 1.50. The SMILES string of the molecule is Cc1cc(Nc2cc(NC3CCOCC3)nc(-c3cccc(-c4ccccc4)c3)n2)n[nH]1. The summed E-state index contributed by atoms with van der Waals surface area (Å²) < 4.78 is 5.49. The van der Waals surface area contributed by atoms with Crippen molar-refractivity contribution in [2.24, 2.45) is 0 Å². The lowest BCUT2D eigenvalue weighted by Crippen LogP contribution is -2.28. The lowest BCUT2D eigenvalue weighted by atomic mass is 10.0. The van der Waals surface area contributed by atoms with Crippen LogP contribution in [0.3, 0.4) is 0 Å². The van der Waals surface area contributed by atoms with Gasteiger partial charge in [-0.3, -0.25) is 5.10 Å². The summed E-state index contributed by atoms with van der Waals surface area (Å²) in [6, 6.07) is 22.9. The summed E-state index contributed by atoms with van der Waals surface area (Å²) in [6.07, 6.45) is 1.92. The summed E-state index contributed by atoms with van der Waals surface area (Å²) in [5, 5.41) is 14.1. The van der Waals surface area contributed by atoms with Crippen molar-refractivity contribution in [2.75, 3.05) is 23.8 Å². The Labute approximate surface area is 187 Å². The average Bonchev–Trinajstić information content (AvgIpc) is 3.24. The molecule has 0 atom stereocenters. The van der Waals surface area contributed by atoms with Crippen LogP contribution in [-0.4, -0.2) is 39.4 Å². The van der Waals surface area contributed by atoms with Crippen molar-refractivity contribution in [1.82, 2.24) is 20.2 Å². The summed E-state index contributed by atoms with van der Waals surface area (Å²) in [4.78, 5) is 9.64. The van der Waals surface area contributed by atoms with Crippen LogP contribution >= 0.6 is 0 Å². The number of hydrogen-bond acceptors (Lipinski definition) is 6. The van der Waals surface area contributed by atoms with Crippen LogP contribution in [0, 0.1) is 6.92 Å². The Kier molecular flexibility index (Phi) is 5.81. The number of H-pyrrole nitrogens is 1. The second-order valence-corrected chi connectivity index (χ2v) is 8.00. The first-order chi connectivity index (χ1) is 15.7. The van der Waals surface area contributed by atoms with Crippen molar-refractivity contribution in [1.29, 1.82) is 0 Å². The standard InChI is InChI=1S/C25H26N6O/c1-17-14-24(31-30-17)27-23-16-22(26-21-10-12-32-13-11-21)28-25(29-23)20-9-5-8-19(15-20)18-6-3-2-4-7-18/h2-9,14-16,21H,10-13H2,1H3,(H3,26,27,28,29,30,31). The third kappa shape index (κ3) is 4.78. The molecular weight excluding hydrogens is 400 g/mol. The van der Waals surface area contributed by atoms with E-state index in [0.29, 0.717) is 17.7 Å². The number of nitrogens with one attached hydrogen (secondary N) is 3. The molecule has 4 aromatic rings. The van der Waals surface area contributed by atoms with Crippen molar-refractivity contribution in [2.45, 2.75) is 25.8 Å². The zero-order chi connectivity index (χ0) is 21.8. The molecule has 1 fully saturated rings. The van der Waals surface area contributed by atoms with E-state index in [9.17, 15) is 0 Å². The number of aromatic nitrogens is 4. The van der Waals surface area contributed by atoms with E-state index in [1.54, 1.807) is 0 Å². The van der Waals surface area contributed by atoms with Gasteiger partial charge in [-0.15, -0.1) is 0 Å². The van der Waals surface area contributed by atoms with Gasteiger partial charge in [0.05, 0.1) is 0 Å². The first-order valence-electron chi connectivity index (χ1n) is 10.9. The lowest BCUT2D eigenvalue weighted by Gasteiger charge is -2.24. The summed E-state index contributed by atoms with van der Waals surface area (Å²) in [5.41, 5.74) is 4.24. The molecule has 32 heavy (non-hydrogen) atoms. The predicted molar refractivity (Wildman–Crippen MR) is 127 cm³/mol. The molecule has 7 heteroatoms. The van der Waals surface area contributed by atoms with Gasteiger partial charge >= 0.3 is 0 Å². The van der Waals surface area contributed by atoms with Crippen molar-refractivity contribution in [3.8, 4) is 22.5 Å². The Morgan fingerprint density at radius 1 is 0.812 bits per heavy atom. The fourth-order valence-electron chi connectivity index (χ4n) is 3.85. The molecule has 0 saturated carbocycles. The molecule has 0 aliphatic carbocycles. The molecule has 3 N–H and O–H groups in total. The van der Waals surface area contributed by atoms with E-state index in [1.807, 2.05) is 49.4 Å². The quantitative estimate of drug-likeness (QED) is 0.394. The van der Waals surface area contributed by atoms with Gasteiger partial charge in [0.25, 0.3) is 0 Å². The molecule has 1 aliphatic rings. The van der Waals surface area contributed by atoms with E-state index < -0.39 is 0 Å². The van der Waals surface area contributed by atoms with Gasteiger partial charge in [-0.25, -0.2) is 9.97 Å². The van der Waals surface area contributed by atoms with E-state index in [2.05, 4.69) is 45.1 Å². The van der Waals surface area contributed by atoms with Crippen LogP contribution < -0.4 is 10.6 Å². The molecule has 7 nitrogen and oxygen atoms in total. The number of ether oxygens (including phenoxy) is 1. The Morgan fingerprint density at radius 3 is 2.34 bits per heavy atom. The number of rotatable bonds is 6. The maximum atomic E-state index is 5.49. The summed E-state index contributed by atoms with van der Waals surface area (Å²) in [7, 11) is 0. The van der Waals surface area contributed by atoms with Gasteiger partial charge in [-0.2, -0.15) is 5.10 Å². The van der Waals surface area contributed by atoms with Crippen molar-refractivity contribution >= 4 is 17.5 Å². The molecule has 0 spiro atoms. The van der Waals surface area contributed by atoms with E-state index in [0.717, 1.165) is 60.1 Å². The Bertz CT molecular complexity index is 1180. The van der Waals surface area contributed by atoms with Crippen LogP contribution in [0.2, 0.25) is 0 Å². The van der Waals surface area contributed by atoms with Gasteiger partial charge in [0, 0.05) is 42.6 Å². The van der Waals surface area contributed by atoms with Gasteiger partial charge < -0.3 is 15.4 Å². The number of aromatic amines is 1. The summed E-state index contributed by atoms with van der Waals surface area (Å²) in [6.45, 7) is 3.51. The molecule has 2 aromatic heterocycles. The maximum Gasteiger partial charge on any atom is 0.163 e. The average molecular weight is 427 g/mol. The van der Waals surface area contributed by atoms with E-state index >= 15 is 0 Å². The molecule has 0 unspecified atom stereocenters. The molecule has 0 radical (unpaired) electrons. The van der Waals surface area contributed by atoms with Crippen LogP contribution in [-0.2, 0) is 4.74 Å². The normalized spacial score (nSPS) is 14.3. The van der Waals surface area contributed by atoms with Crippen LogP contribution in [0.1, 0.15) is 18.5 Å². The third-order valence-corrected chi connectivity index (χ3v) is 5.49. The second-order valence-electron chi connectivity index (χ2n) is 8.00. The fourth-order valence-corrected chi connectivity index (χ4v) is 3.85. The summed E-state index contributed by atoms with van der Waals surface area (Å²) in [5.74, 6) is 2.87. The maximum absolute atomic E-state index is 5.49. The first-order valence-corrected chi connectivity index (χ1v) is 10.9. The Hall–Kier alpha value is -3.71. The molecule has 1 aliphatic heterocycles. The van der Waals surface area contributed by atoms with E-state index in [1.165, 1.54) is 0 Å². The molecule has 3 heterocycles. The van der Waals surface area contributed by atoms with Crippen LogP contribution in [0.15, 0.2) is 66.7 Å². The van der Waals surface area contributed by atoms with Gasteiger partial charge in [-0.1, -0.05) is 48.5 Å². The second kappa shape index (κ2) is 9.20. The molecule has 0 bridgehead atoms. The lowest BCUT2D eigenvalue weighted by molar-refractivity contribution is 0.0904. The minimum atomic E-state index is 0.336. The molecule has 2 aromatic carbocycles. The minimum Gasteiger partial charge on any atom is -0.381 e. The summed E-state index contributed by atoms with van der Waals surface area (Å²) >= 11 is 0. The van der Waals surface area contributed by atoms with E-state index in [4.69, 9.17) is 14.7 Å². The first kappa shape index (κ1) is 20.2. The molecule has 162 valence electrons. The highest BCUT2D eigenvalue weighted by Gasteiger charge is 2.16. The number of hydrogen-bond donors (Lipinski definition) is 3. The number of nitrogens with zero attached hydrogens (tertiary/aromatic N) is 3. The fraction of sp³-hybridized carbons (Fsp3) is 0.240. The minimum absolute atomic E-state index is 0.336. The van der Waals surface area contributed by atoms with Crippen LogP contribution in [0.4, 0.5) is 17.5 Å². The van der Waals surface area contributed by atoms with Crippen LogP contribution in [0.25, 0.3) is 22.5 Å². The zero-order valence-corrected chi connectivity index (χ0v) is 18.0. The topological polar surface area (TPSA) is 87.8 Å². The predicted octanol–water partition coefficient (Wildman–Crippen LogP) is 5.18.